The molecule has 0 N–H and O–H groups in total. The molecule has 0 aliphatic carbocycles. The molecule has 2 aromatic rings. The zero-order chi connectivity index (χ0) is 9.26. The minimum atomic E-state index is -0.247. The first-order chi connectivity index (χ1) is 6.25. The molecule has 1 aromatic heterocycles. The molecule has 2 rings (SSSR count). The van der Waals surface area contributed by atoms with E-state index >= 15 is 0 Å². The van der Waals surface area contributed by atoms with Gasteiger partial charge >= 0.3 is 0 Å². The van der Waals surface area contributed by atoms with E-state index in [-0.39, 0.29) is 5.82 Å². The molecule has 0 saturated heterocycles. The van der Waals surface area contributed by atoms with E-state index in [2.05, 4.69) is 32.8 Å². The van der Waals surface area contributed by atoms with Gasteiger partial charge in [0.25, 0.3) is 0 Å². The summed E-state index contributed by atoms with van der Waals surface area (Å²) < 4.78 is 13.7. The number of hydrogen-bond acceptors (Lipinski definition) is 3. The van der Waals surface area contributed by atoms with E-state index < -0.39 is 0 Å². The van der Waals surface area contributed by atoms with Crippen molar-refractivity contribution in [3.63, 3.8) is 0 Å². The number of halogens is 2. The second-order valence-electron chi connectivity index (χ2n) is 2.37. The van der Waals surface area contributed by atoms with Gasteiger partial charge in [0.15, 0.2) is 3.01 Å². The van der Waals surface area contributed by atoms with Crippen molar-refractivity contribution in [3.05, 3.63) is 33.1 Å². The largest absolute Gasteiger partial charge is 0.207 e. The highest BCUT2D eigenvalue weighted by atomic mass is 127. The van der Waals surface area contributed by atoms with Crippen LogP contribution in [0.3, 0.4) is 0 Å². The van der Waals surface area contributed by atoms with Crippen LogP contribution >= 0.6 is 33.9 Å². The fraction of sp³-hybridized carbons (Fsp3) is 0. The molecule has 1 aromatic carbocycles. The van der Waals surface area contributed by atoms with Crippen molar-refractivity contribution in [2.24, 2.45) is 0 Å². The summed E-state index contributed by atoms with van der Waals surface area (Å²) in [4.78, 5) is 0. The molecule has 0 bridgehead atoms. The lowest BCUT2D eigenvalue weighted by molar-refractivity contribution is 0.628. The molecule has 0 spiro atoms. The number of benzene rings is 1. The van der Waals surface area contributed by atoms with Gasteiger partial charge in [0.1, 0.15) is 10.8 Å². The number of aromatic nitrogens is 2. The van der Waals surface area contributed by atoms with Gasteiger partial charge in [0.05, 0.1) is 0 Å². The maximum Gasteiger partial charge on any atom is 0.178 e. The van der Waals surface area contributed by atoms with Crippen LogP contribution in [0.25, 0.3) is 10.6 Å². The van der Waals surface area contributed by atoms with Gasteiger partial charge in [-0.3, -0.25) is 0 Å². The molecule has 2 nitrogen and oxygen atoms in total. The first kappa shape index (κ1) is 9.01. The Morgan fingerprint density at radius 3 is 2.77 bits per heavy atom. The van der Waals surface area contributed by atoms with Crippen molar-refractivity contribution < 1.29 is 4.39 Å². The standard InChI is InChI=1S/C8H4FIN2S/c9-6-3-1-2-5(4-6)7-11-12-8(10)13-7/h1-4H. The molecule has 0 saturated carbocycles. The van der Waals surface area contributed by atoms with E-state index in [4.69, 9.17) is 0 Å². The minimum absolute atomic E-state index is 0.247. The highest BCUT2D eigenvalue weighted by molar-refractivity contribution is 14.1. The fourth-order valence-electron chi connectivity index (χ4n) is 0.943. The lowest BCUT2D eigenvalue weighted by atomic mass is 10.2. The van der Waals surface area contributed by atoms with Crippen LogP contribution in [0.4, 0.5) is 4.39 Å². The Hall–Kier alpha value is -0.560. The summed E-state index contributed by atoms with van der Waals surface area (Å²) in [5.41, 5.74) is 0.778. The molecule has 0 aliphatic heterocycles. The van der Waals surface area contributed by atoms with Crippen molar-refractivity contribution in [2.75, 3.05) is 0 Å². The lowest BCUT2D eigenvalue weighted by Gasteiger charge is -1.93. The lowest BCUT2D eigenvalue weighted by Crippen LogP contribution is -1.78. The quantitative estimate of drug-likeness (QED) is 0.757. The Balaban J connectivity index is 2.46. The van der Waals surface area contributed by atoms with Crippen molar-refractivity contribution in [1.82, 2.24) is 10.2 Å². The Morgan fingerprint density at radius 1 is 1.31 bits per heavy atom. The summed E-state index contributed by atoms with van der Waals surface area (Å²) in [6.45, 7) is 0. The summed E-state index contributed by atoms with van der Waals surface area (Å²) in [5, 5.41) is 8.53. The zero-order valence-corrected chi connectivity index (χ0v) is 9.34. The Kier molecular flexibility index (Phi) is 2.54. The van der Waals surface area contributed by atoms with Crippen LogP contribution in [-0.4, -0.2) is 10.2 Å². The van der Waals surface area contributed by atoms with E-state index in [9.17, 15) is 4.39 Å². The summed E-state index contributed by atoms with van der Waals surface area (Å²) in [5.74, 6) is -0.247. The van der Waals surface area contributed by atoms with Crippen LogP contribution in [0.2, 0.25) is 0 Å². The van der Waals surface area contributed by atoms with Crippen molar-refractivity contribution >= 4 is 33.9 Å². The van der Waals surface area contributed by atoms with Crippen LogP contribution < -0.4 is 0 Å². The average molecular weight is 306 g/mol. The molecule has 0 fully saturated rings. The molecular formula is C8H4FIN2S. The van der Waals surface area contributed by atoms with E-state index in [1.54, 1.807) is 6.07 Å². The van der Waals surface area contributed by atoms with Crippen LogP contribution in [-0.2, 0) is 0 Å². The predicted molar refractivity (Wildman–Crippen MR) is 58.0 cm³/mol. The molecule has 5 heteroatoms. The smallest absolute Gasteiger partial charge is 0.178 e. The van der Waals surface area contributed by atoms with Crippen molar-refractivity contribution in [1.29, 1.82) is 0 Å². The molecule has 1 heterocycles. The second-order valence-corrected chi connectivity index (χ2v) is 5.10. The molecule has 0 unspecified atom stereocenters. The molecule has 0 radical (unpaired) electrons. The van der Waals surface area contributed by atoms with Gasteiger partial charge in [-0.1, -0.05) is 23.5 Å². The van der Waals surface area contributed by atoms with E-state index in [1.807, 2.05) is 6.07 Å². The summed E-state index contributed by atoms with van der Waals surface area (Å²) in [7, 11) is 0. The van der Waals surface area contributed by atoms with Crippen LogP contribution in [0.1, 0.15) is 0 Å². The Bertz CT molecular complexity index is 430. The van der Waals surface area contributed by atoms with Gasteiger partial charge in [-0.25, -0.2) is 4.39 Å². The van der Waals surface area contributed by atoms with Crippen LogP contribution in [0, 0.1) is 8.83 Å². The third-order valence-electron chi connectivity index (χ3n) is 1.47. The monoisotopic (exact) mass is 306 g/mol. The first-order valence-electron chi connectivity index (χ1n) is 3.50. The number of nitrogens with zero attached hydrogens (tertiary/aromatic N) is 2. The van der Waals surface area contributed by atoms with Gasteiger partial charge < -0.3 is 0 Å². The fourth-order valence-corrected chi connectivity index (χ4v) is 2.24. The van der Waals surface area contributed by atoms with Gasteiger partial charge in [-0.15, -0.1) is 10.2 Å². The first-order valence-corrected chi connectivity index (χ1v) is 5.40. The van der Waals surface area contributed by atoms with Gasteiger partial charge in [-0.2, -0.15) is 0 Å². The topological polar surface area (TPSA) is 25.8 Å². The number of rotatable bonds is 1. The van der Waals surface area contributed by atoms with E-state index in [0.717, 1.165) is 13.6 Å². The van der Waals surface area contributed by atoms with Gasteiger partial charge in [0, 0.05) is 5.56 Å². The predicted octanol–water partition coefficient (Wildman–Crippen LogP) is 2.95. The molecule has 13 heavy (non-hydrogen) atoms. The SMILES string of the molecule is Fc1cccc(-c2nnc(I)s2)c1. The molecule has 0 amide bonds. The summed E-state index contributed by atoms with van der Waals surface area (Å²) >= 11 is 3.53. The maximum atomic E-state index is 12.8. The summed E-state index contributed by atoms with van der Waals surface area (Å²) in [6, 6.07) is 6.35. The van der Waals surface area contributed by atoms with Crippen molar-refractivity contribution in [2.45, 2.75) is 0 Å². The molecular weight excluding hydrogens is 302 g/mol. The maximum absolute atomic E-state index is 12.8. The van der Waals surface area contributed by atoms with Crippen LogP contribution in [0.15, 0.2) is 24.3 Å². The van der Waals surface area contributed by atoms with Crippen molar-refractivity contribution in [3.8, 4) is 10.6 Å². The minimum Gasteiger partial charge on any atom is -0.207 e. The highest BCUT2D eigenvalue weighted by Gasteiger charge is 2.04. The Morgan fingerprint density at radius 2 is 2.15 bits per heavy atom. The Labute approximate surface area is 92.0 Å². The third kappa shape index (κ3) is 2.02. The number of hydrogen-bond donors (Lipinski definition) is 0. The molecule has 0 atom stereocenters. The van der Waals surface area contributed by atoms with E-state index in [0.29, 0.717) is 0 Å². The third-order valence-corrected chi connectivity index (χ3v) is 3.11. The van der Waals surface area contributed by atoms with E-state index in [1.165, 1.54) is 23.5 Å². The van der Waals surface area contributed by atoms with Gasteiger partial charge in [0.2, 0.25) is 0 Å². The molecule has 0 aliphatic rings. The summed E-state index contributed by atoms with van der Waals surface area (Å²) in [6.07, 6.45) is 0. The highest BCUT2D eigenvalue weighted by Crippen LogP contribution is 2.24. The molecule has 66 valence electrons. The average Bonchev–Trinajstić information content (AvgIpc) is 2.52. The van der Waals surface area contributed by atoms with Crippen LogP contribution in [0.5, 0.6) is 0 Å². The normalized spacial score (nSPS) is 10.3. The van der Waals surface area contributed by atoms with Gasteiger partial charge in [-0.05, 0) is 34.7 Å². The zero-order valence-electron chi connectivity index (χ0n) is 6.37. The second kappa shape index (κ2) is 3.67.